The van der Waals surface area contributed by atoms with Gasteiger partial charge in [-0.25, -0.2) is 14.2 Å². The highest BCUT2D eigenvalue weighted by Crippen LogP contribution is 2.32. The first-order valence-electron chi connectivity index (χ1n) is 12.7. The molecule has 0 N–H and O–H groups in total. The number of carbonyl (C=O) groups is 1. The number of carbonyl (C=O) groups excluding carboxylic acids is 1. The minimum Gasteiger partial charge on any atom is -0.442 e. The quantitative estimate of drug-likeness (QED) is 0.324. The number of fused-ring (bicyclic) bond motifs is 1. The van der Waals surface area contributed by atoms with Gasteiger partial charge in [-0.2, -0.15) is 5.06 Å². The van der Waals surface area contributed by atoms with Crippen LogP contribution in [-0.2, 0) is 16.1 Å². The molecule has 0 radical (unpaired) electrons. The summed E-state index contributed by atoms with van der Waals surface area (Å²) in [4.78, 5) is 37.8. The monoisotopic (exact) mass is 585 g/mol. The van der Waals surface area contributed by atoms with Crippen molar-refractivity contribution in [3.05, 3.63) is 81.7 Å². The normalized spacial score (nSPS) is 14.4. The average Bonchev–Trinajstić information content (AvgIpc) is 3.06. The number of pyridine rings is 2. The number of anilines is 1. The van der Waals surface area contributed by atoms with Gasteiger partial charge in [0.15, 0.2) is 5.65 Å². The predicted octanol–water partition coefficient (Wildman–Crippen LogP) is 5.39. The van der Waals surface area contributed by atoms with Crippen LogP contribution in [0, 0.1) is 5.82 Å². The van der Waals surface area contributed by atoms with Gasteiger partial charge >= 0.3 is 6.09 Å². The second kappa shape index (κ2) is 11.1. The van der Waals surface area contributed by atoms with E-state index in [1.165, 1.54) is 21.8 Å². The molecule has 5 rings (SSSR count). The van der Waals surface area contributed by atoms with E-state index in [4.69, 9.17) is 21.2 Å². The number of hydrogen-bond acceptors (Lipinski definition) is 7. The van der Waals surface area contributed by atoms with E-state index in [1.807, 2.05) is 26.8 Å². The number of thiol groups is 1. The average molecular weight is 586 g/mol. The topological polar surface area (TPSA) is 81.8 Å². The van der Waals surface area contributed by atoms with Crippen molar-refractivity contribution in [1.29, 1.82) is 0 Å². The first-order valence-corrected chi connectivity index (χ1v) is 13.5. The van der Waals surface area contributed by atoms with Crippen molar-refractivity contribution in [3.8, 4) is 11.1 Å². The smallest absolute Gasteiger partial charge is 0.434 e. The number of hydroxylamine groups is 2. The van der Waals surface area contributed by atoms with Crippen molar-refractivity contribution in [1.82, 2.24) is 18.6 Å². The first kappa shape index (κ1) is 28.0. The lowest BCUT2D eigenvalue weighted by molar-refractivity contribution is -0.137. The van der Waals surface area contributed by atoms with Crippen LogP contribution in [0.4, 0.5) is 14.9 Å². The van der Waals surface area contributed by atoms with Gasteiger partial charge in [-0.3, -0.25) is 13.6 Å². The Bertz CT molecular complexity index is 1630. The number of halogens is 2. The Kier molecular flexibility index (Phi) is 7.80. The molecule has 1 aliphatic rings. The summed E-state index contributed by atoms with van der Waals surface area (Å²) < 4.78 is 22.8. The molecule has 0 aliphatic carbocycles. The van der Waals surface area contributed by atoms with Crippen LogP contribution < -0.4 is 10.5 Å². The van der Waals surface area contributed by atoms with Crippen molar-refractivity contribution >= 4 is 47.2 Å². The van der Waals surface area contributed by atoms with Gasteiger partial charge < -0.3 is 14.2 Å². The van der Waals surface area contributed by atoms with Gasteiger partial charge in [0.1, 0.15) is 11.4 Å². The van der Waals surface area contributed by atoms with E-state index in [-0.39, 0.29) is 17.1 Å². The van der Waals surface area contributed by atoms with E-state index in [9.17, 15) is 14.0 Å². The molecular weight excluding hydrogens is 557 g/mol. The number of nitrogens with zero attached hydrogens (tertiary/aromatic N) is 5. The third-order valence-corrected chi connectivity index (χ3v) is 7.03. The van der Waals surface area contributed by atoms with Crippen molar-refractivity contribution in [2.24, 2.45) is 0 Å². The molecule has 1 amide bonds. The standard InChI is InChI=1S/C28H29ClFN5O4S/c1-28(2,3)39-27(37)34-10-9-32(11-12-38-34)20-14-21-22(17-35(40)26(21)31-15-20)18-7-8-33(24(36)13-18)16-19-5-4-6-23(29)25(19)30/h4-8,13-15,17,40H,9-12,16H2,1-3H3. The van der Waals surface area contributed by atoms with Crippen LogP contribution in [0.15, 0.2) is 59.8 Å². The lowest BCUT2D eigenvalue weighted by Gasteiger charge is -2.25. The van der Waals surface area contributed by atoms with Gasteiger partial charge in [0.25, 0.3) is 5.56 Å². The zero-order valence-corrected chi connectivity index (χ0v) is 24.0. The lowest BCUT2D eigenvalue weighted by Crippen LogP contribution is -2.38. The number of ether oxygens (including phenoxy) is 1. The highest BCUT2D eigenvalue weighted by Gasteiger charge is 2.26. The third-order valence-electron chi connectivity index (χ3n) is 6.43. The molecule has 0 unspecified atom stereocenters. The molecule has 210 valence electrons. The highest BCUT2D eigenvalue weighted by molar-refractivity contribution is 7.78. The summed E-state index contributed by atoms with van der Waals surface area (Å²) in [6, 6.07) is 10.0. The molecule has 0 saturated carbocycles. The predicted molar refractivity (Wildman–Crippen MR) is 155 cm³/mol. The number of hydrogen-bond donors (Lipinski definition) is 1. The second-order valence-corrected chi connectivity index (χ2v) is 11.3. The largest absolute Gasteiger partial charge is 0.442 e. The van der Waals surface area contributed by atoms with E-state index in [1.54, 1.807) is 40.8 Å². The summed E-state index contributed by atoms with van der Waals surface area (Å²) >= 11 is 10.4. The molecule has 0 spiro atoms. The fraction of sp³-hybridized carbons (Fsp3) is 0.321. The molecule has 1 aromatic carbocycles. The van der Waals surface area contributed by atoms with Gasteiger partial charge in [0.05, 0.1) is 36.6 Å². The van der Waals surface area contributed by atoms with E-state index in [2.05, 4.69) is 22.7 Å². The summed E-state index contributed by atoms with van der Waals surface area (Å²) in [6.07, 6.45) is 4.66. The number of aromatic nitrogens is 3. The van der Waals surface area contributed by atoms with Crippen LogP contribution in [0.25, 0.3) is 22.2 Å². The van der Waals surface area contributed by atoms with E-state index < -0.39 is 17.5 Å². The fourth-order valence-electron chi connectivity index (χ4n) is 4.51. The summed E-state index contributed by atoms with van der Waals surface area (Å²) in [5, 5.41) is 2.07. The van der Waals surface area contributed by atoms with Crippen molar-refractivity contribution in [2.75, 3.05) is 31.1 Å². The number of rotatable bonds is 4. The van der Waals surface area contributed by atoms with E-state index >= 15 is 0 Å². The maximum absolute atomic E-state index is 14.4. The molecular formula is C28H29ClFN5O4S. The Morgan fingerprint density at radius 1 is 1.20 bits per heavy atom. The lowest BCUT2D eigenvalue weighted by atomic mass is 10.1. The van der Waals surface area contributed by atoms with Crippen LogP contribution in [0.5, 0.6) is 0 Å². The molecule has 12 heteroatoms. The SMILES string of the molecule is CC(C)(C)OC(=O)N1CCN(c2cnc3c(c2)c(-c2ccn(Cc4cccc(Cl)c4F)c(=O)c2)cn3S)CCO1. The van der Waals surface area contributed by atoms with E-state index in [0.29, 0.717) is 43.0 Å². The Hall–Kier alpha value is -3.54. The fourth-order valence-corrected chi connectivity index (χ4v) is 4.98. The Balaban J connectivity index is 1.40. The van der Waals surface area contributed by atoms with Gasteiger partial charge in [-0.1, -0.05) is 36.5 Å². The summed E-state index contributed by atoms with van der Waals surface area (Å²) in [6.45, 7) is 7.15. The van der Waals surface area contributed by atoms with Crippen molar-refractivity contribution in [3.63, 3.8) is 0 Å². The molecule has 3 aromatic heterocycles. The van der Waals surface area contributed by atoms with Gasteiger partial charge in [0.2, 0.25) is 0 Å². The summed E-state index contributed by atoms with van der Waals surface area (Å²) in [7, 11) is 0. The van der Waals surface area contributed by atoms with E-state index in [0.717, 1.165) is 16.6 Å². The number of benzene rings is 1. The maximum atomic E-state index is 14.4. The molecule has 1 aliphatic heterocycles. The molecule has 4 aromatic rings. The Labute approximate surface area is 241 Å². The van der Waals surface area contributed by atoms with Crippen LogP contribution >= 0.6 is 24.4 Å². The molecule has 1 saturated heterocycles. The highest BCUT2D eigenvalue weighted by atomic mass is 35.5. The first-order chi connectivity index (χ1) is 19.0. The van der Waals surface area contributed by atoms with Crippen LogP contribution in [0.2, 0.25) is 5.02 Å². The minimum atomic E-state index is -0.621. The third kappa shape index (κ3) is 5.96. The zero-order chi connectivity index (χ0) is 28.6. The molecule has 4 heterocycles. The molecule has 0 atom stereocenters. The van der Waals surface area contributed by atoms with Gasteiger partial charge in [-0.15, -0.1) is 0 Å². The van der Waals surface area contributed by atoms with Crippen LogP contribution in [0.3, 0.4) is 0 Å². The summed E-state index contributed by atoms with van der Waals surface area (Å²) in [5.74, 6) is -0.537. The molecule has 40 heavy (non-hydrogen) atoms. The second-order valence-electron chi connectivity index (χ2n) is 10.4. The molecule has 9 nitrogen and oxygen atoms in total. The number of amides is 1. The molecule has 1 fully saturated rings. The van der Waals surface area contributed by atoms with Gasteiger partial charge in [-0.05, 0) is 44.5 Å². The van der Waals surface area contributed by atoms with Crippen molar-refractivity contribution in [2.45, 2.75) is 32.9 Å². The van der Waals surface area contributed by atoms with Crippen LogP contribution in [0.1, 0.15) is 26.3 Å². The van der Waals surface area contributed by atoms with Crippen LogP contribution in [-0.4, -0.2) is 56.5 Å². The Morgan fingerprint density at radius 2 is 2.00 bits per heavy atom. The zero-order valence-electron chi connectivity index (χ0n) is 22.3. The minimum absolute atomic E-state index is 0.0144. The van der Waals surface area contributed by atoms with Gasteiger partial charge in [0, 0.05) is 48.1 Å². The molecule has 0 bridgehead atoms. The maximum Gasteiger partial charge on any atom is 0.434 e. The van der Waals surface area contributed by atoms with Crippen molar-refractivity contribution < 1.29 is 18.8 Å². The Morgan fingerprint density at radius 3 is 2.75 bits per heavy atom. The summed E-state index contributed by atoms with van der Waals surface area (Å²) in [5.41, 5.74) is 2.35.